The summed E-state index contributed by atoms with van der Waals surface area (Å²) >= 11 is 0. The number of fused-ring (bicyclic) bond motifs is 1. The number of aliphatic hydroxyl groups is 1. The largest absolute Gasteiger partial charge is 0.383 e. The number of carbonyl (C=O) groups excluding carboxylic acids is 1. The van der Waals surface area contributed by atoms with Crippen LogP contribution < -0.4 is 5.32 Å². The predicted octanol–water partition coefficient (Wildman–Crippen LogP) is 2.36. The van der Waals surface area contributed by atoms with Crippen LogP contribution in [0.1, 0.15) is 25.0 Å². The van der Waals surface area contributed by atoms with Crippen LogP contribution in [0.3, 0.4) is 0 Å². The average molecular weight is 295 g/mol. The molecule has 1 fully saturated rings. The van der Waals surface area contributed by atoms with Gasteiger partial charge in [0.15, 0.2) is 0 Å². The number of carbonyl (C=O) groups is 1. The lowest BCUT2D eigenvalue weighted by Gasteiger charge is -2.41. The molecule has 3 rings (SSSR count). The van der Waals surface area contributed by atoms with E-state index in [9.17, 15) is 18.7 Å². The molecule has 3 N–H and O–H groups in total. The number of benzene rings is 1. The fourth-order valence-corrected chi connectivity index (χ4v) is 2.47. The van der Waals surface area contributed by atoms with Gasteiger partial charge in [-0.3, -0.25) is 9.89 Å². The molecule has 112 valence electrons. The van der Waals surface area contributed by atoms with Gasteiger partial charge in [0.1, 0.15) is 5.60 Å². The molecule has 0 unspecified atom stereocenters. The van der Waals surface area contributed by atoms with Gasteiger partial charge < -0.3 is 10.4 Å². The molecule has 0 saturated heterocycles. The van der Waals surface area contributed by atoms with Crippen molar-refractivity contribution < 1.29 is 18.7 Å². The quantitative estimate of drug-likeness (QED) is 0.813. The third-order valence-corrected chi connectivity index (χ3v) is 4.05. The number of anilines is 1. The number of nitrogens with one attached hydrogen (secondary N) is 2. The predicted molar refractivity (Wildman–Crippen MR) is 73.2 cm³/mol. The SMILES string of the molecule is Cc1[nH]nc2cc(NC(=O)C(F)(F)C3(O)CCC3)ccc12. The number of halogens is 2. The average Bonchev–Trinajstić information content (AvgIpc) is 2.77. The van der Waals surface area contributed by atoms with Crippen LogP contribution in [0.2, 0.25) is 0 Å². The highest BCUT2D eigenvalue weighted by atomic mass is 19.3. The number of aryl methyl sites for hydroxylation is 1. The molecule has 21 heavy (non-hydrogen) atoms. The second kappa shape index (κ2) is 4.49. The van der Waals surface area contributed by atoms with Crippen molar-refractivity contribution in [1.29, 1.82) is 0 Å². The minimum Gasteiger partial charge on any atom is -0.383 e. The van der Waals surface area contributed by atoms with E-state index in [1.54, 1.807) is 6.07 Å². The van der Waals surface area contributed by atoms with Gasteiger partial charge in [-0.1, -0.05) is 0 Å². The van der Waals surface area contributed by atoms with E-state index in [1.807, 2.05) is 6.92 Å². The van der Waals surface area contributed by atoms with Crippen LogP contribution in [0.5, 0.6) is 0 Å². The minimum absolute atomic E-state index is 0.0645. The normalized spacial score (nSPS) is 17.5. The highest BCUT2D eigenvalue weighted by Crippen LogP contribution is 2.44. The lowest BCUT2D eigenvalue weighted by molar-refractivity contribution is -0.212. The highest BCUT2D eigenvalue weighted by Gasteiger charge is 2.61. The molecule has 1 aromatic heterocycles. The van der Waals surface area contributed by atoms with E-state index in [4.69, 9.17) is 0 Å². The summed E-state index contributed by atoms with van der Waals surface area (Å²) in [6.45, 7) is 1.84. The summed E-state index contributed by atoms with van der Waals surface area (Å²) in [4.78, 5) is 11.8. The molecule has 0 aliphatic heterocycles. The molecule has 0 bridgehead atoms. The van der Waals surface area contributed by atoms with Gasteiger partial charge in [-0.15, -0.1) is 0 Å². The van der Waals surface area contributed by atoms with Crippen LogP contribution >= 0.6 is 0 Å². The van der Waals surface area contributed by atoms with E-state index in [1.165, 1.54) is 12.1 Å². The lowest BCUT2D eigenvalue weighted by Crippen LogP contribution is -2.59. The second-order valence-electron chi connectivity index (χ2n) is 5.49. The summed E-state index contributed by atoms with van der Waals surface area (Å²) in [5.41, 5.74) is -0.557. The zero-order valence-corrected chi connectivity index (χ0v) is 11.4. The van der Waals surface area contributed by atoms with E-state index >= 15 is 0 Å². The second-order valence-corrected chi connectivity index (χ2v) is 5.49. The van der Waals surface area contributed by atoms with E-state index in [-0.39, 0.29) is 18.5 Å². The van der Waals surface area contributed by atoms with Gasteiger partial charge in [0.05, 0.1) is 5.52 Å². The van der Waals surface area contributed by atoms with Crippen molar-refractivity contribution in [1.82, 2.24) is 10.2 Å². The van der Waals surface area contributed by atoms with Gasteiger partial charge in [0, 0.05) is 16.8 Å². The lowest BCUT2D eigenvalue weighted by atomic mass is 9.75. The minimum atomic E-state index is -3.80. The first kappa shape index (κ1) is 13.9. The number of amides is 1. The van der Waals surface area contributed by atoms with Crippen molar-refractivity contribution in [2.24, 2.45) is 0 Å². The van der Waals surface area contributed by atoms with Gasteiger partial charge in [-0.05, 0) is 44.4 Å². The zero-order chi connectivity index (χ0) is 15.3. The van der Waals surface area contributed by atoms with Gasteiger partial charge in [0.2, 0.25) is 0 Å². The van der Waals surface area contributed by atoms with Crippen molar-refractivity contribution in [3.63, 3.8) is 0 Å². The maximum absolute atomic E-state index is 14.0. The third kappa shape index (κ3) is 2.08. The Bertz CT molecular complexity index is 707. The fourth-order valence-electron chi connectivity index (χ4n) is 2.47. The maximum atomic E-state index is 14.0. The van der Waals surface area contributed by atoms with Crippen molar-refractivity contribution in [2.45, 2.75) is 37.7 Å². The standard InChI is InChI=1S/C14H15F2N3O2/c1-8-10-4-3-9(7-11(10)19-18-8)17-12(20)14(15,16)13(21)5-2-6-13/h3-4,7,21H,2,5-6H2,1H3,(H,17,20)(H,18,19). The third-order valence-electron chi connectivity index (χ3n) is 4.05. The molecule has 1 amide bonds. The van der Waals surface area contributed by atoms with Gasteiger partial charge in [-0.25, -0.2) is 0 Å². The molecule has 0 spiro atoms. The molecule has 0 atom stereocenters. The number of nitrogens with zero attached hydrogens (tertiary/aromatic N) is 1. The number of H-pyrrole nitrogens is 1. The van der Waals surface area contributed by atoms with Gasteiger partial charge in [-0.2, -0.15) is 13.9 Å². The summed E-state index contributed by atoms with van der Waals surface area (Å²) in [7, 11) is 0. The number of aromatic nitrogens is 2. The zero-order valence-electron chi connectivity index (χ0n) is 11.4. The van der Waals surface area contributed by atoms with Crippen LogP contribution in [0.25, 0.3) is 10.9 Å². The Kier molecular flexibility index (Phi) is 2.98. The summed E-state index contributed by atoms with van der Waals surface area (Å²) in [5.74, 6) is -5.29. The molecular formula is C14H15F2N3O2. The Morgan fingerprint density at radius 3 is 2.81 bits per heavy atom. The first-order valence-corrected chi connectivity index (χ1v) is 6.70. The van der Waals surface area contributed by atoms with E-state index in [0.717, 1.165) is 11.1 Å². The van der Waals surface area contributed by atoms with Crippen LogP contribution in [0.4, 0.5) is 14.5 Å². The van der Waals surface area contributed by atoms with E-state index in [0.29, 0.717) is 11.9 Å². The molecule has 2 aromatic rings. The number of hydrogen-bond acceptors (Lipinski definition) is 3. The number of rotatable bonds is 3. The molecule has 1 aromatic carbocycles. The van der Waals surface area contributed by atoms with Crippen molar-refractivity contribution in [3.05, 3.63) is 23.9 Å². The van der Waals surface area contributed by atoms with Gasteiger partial charge in [0.25, 0.3) is 5.91 Å². The number of hydrogen-bond donors (Lipinski definition) is 3. The highest BCUT2D eigenvalue weighted by molar-refractivity contribution is 5.98. The van der Waals surface area contributed by atoms with E-state index in [2.05, 4.69) is 15.5 Å². The molecule has 1 heterocycles. The summed E-state index contributed by atoms with van der Waals surface area (Å²) in [6.07, 6.45) is 0.369. The van der Waals surface area contributed by atoms with Crippen LogP contribution in [0, 0.1) is 6.92 Å². The van der Waals surface area contributed by atoms with Crippen LogP contribution in [-0.4, -0.2) is 32.7 Å². The van der Waals surface area contributed by atoms with Gasteiger partial charge >= 0.3 is 5.92 Å². The molecule has 1 aliphatic carbocycles. The molecule has 7 heteroatoms. The molecule has 1 aliphatic rings. The number of alkyl halides is 2. The fraction of sp³-hybridized carbons (Fsp3) is 0.429. The van der Waals surface area contributed by atoms with Crippen LogP contribution in [-0.2, 0) is 4.79 Å². The first-order valence-electron chi connectivity index (χ1n) is 6.70. The maximum Gasteiger partial charge on any atom is 0.352 e. The Labute approximate surface area is 119 Å². The molecule has 0 radical (unpaired) electrons. The monoisotopic (exact) mass is 295 g/mol. The van der Waals surface area contributed by atoms with Crippen molar-refractivity contribution in [2.75, 3.05) is 5.32 Å². The Morgan fingerprint density at radius 2 is 2.19 bits per heavy atom. The Balaban J connectivity index is 1.82. The topological polar surface area (TPSA) is 78.0 Å². The first-order chi connectivity index (χ1) is 9.83. The molecule has 5 nitrogen and oxygen atoms in total. The van der Waals surface area contributed by atoms with Crippen molar-refractivity contribution >= 4 is 22.5 Å². The smallest absolute Gasteiger partial charge is 0.352 e. The van der Waals surface area contributed by atoms with E-state index < -0.39 is 17.4 Å². The number of aromatic amines is 1. The summed E-state index contributed by atoms with van der Waals surface area (Å²) in [5, 5.41) is 19.5. The summed E-state index contributed by atoms with van der Waals surface area (Å²) < 4.78 is 27.9. The molecule has 1 saturated carbocycles. The Morgan fingerprint density at radius 1 is 1.48 bits per heavy atom. The van der Waals surface area contributed by atoms with Crippen LogP contribution in [0.15, 0.2) is 18.2 Å². The molecular weight excluding hydrogens is 280 g/mol. The summed E-state index contributed by atoms with van der Waals surface area (Å²) in [6, 6.07) is 4.74. The van der Waals surface area contributed by atoms with Crippen molar-refractivity contribution in [3.8, 4) is 0 Å². The Hall–Kier alpha value is -2.02.